The molecule has 0 saturated heterocycles. The molecular formula is C15H19N3O2. The van der Waals surface area contributed by atoms with Crippen molar-refractivity contribution in [1.29, 1.82) is 0 Å². The summed E-state index contributed by atoms with van der Waals surface area (Å²) in [5, 5.41) is 3.10. The number of aromatic nitrogens is 2. The van der Waals surface area contributed by atoms with Crippen LogP contribution < -0.4 is 14.8 Å². The molecule has 0 radical (unpaired) electrons. The Morgan fingerprint density at radius 1 is 1.20 bits per heavy atom. The second-order valence-electron chi connectivity index (χ2n) is 4.58. The van der Waals surface area contributed by atoms with Gasteiger partial charge in [0.2, 0.25) is 5.88 Å². The summed E-state index contributed by atoms with van der Waals surface area (Å²) in [5.41, 5.74) is 1.05. The third kappa shape index (κ3) is 3.93. The van der Waals surface area contributed by atoms with Crippen LogP contribution in [0.3, 0.4) is 0 Å². The highest BCUT2D eigenvalue weighted by Crippen LogP contribution is 2.23. The van der Waals surface area contributed by atoms with Gasteiger partial charge in [-0.15, -0.1) is 0 Å². The third-order valence-corrected chi connectivity index (χ3v) is 2.51. The number of para-hydroxylation sites is 1. The summed E-state index contributed by atoms with van der Waals surface area (Å²) in [7, 11) is 1.89. The lowest BCUT2D eigenvalue weighted by atomic mass is 10.2. The molecule has 0 aliphatic heterocycles. The van der Waals surface area contributed by atoms with E-state index in [4.69, 9.17) is 9.47 Å². The number of hydrogen-bond donors (Lipinski definition) is 1. The number of hydrogen-bond acceptors (Lipinski definition) is 5. The Hall–Kier alpha value is -2.14. The van der Waals surface area contributed by atoms with Gasteiger partial charge in [0.05, 0.1) is 6.10 Å². The minimum atomic E-state index is 0.0642. The van der Waals surface area contributed by atoms with Crippen LogP contribution in [0.5, 0.6) is 17.6 Å². The standard InChI is InChI=1S/C15H19N3O2/c1-11(2)19-14-8-9-17-15(18-14)20-13-7-5-4-6-12(13)10-16-3/h4-9,11,16H,10H2,1-3H3. The summed E-state index contributed by atoms with van der Waals surface area (Å²) in [4.78, 5) is 8.34. The molecule has 0 amide bonds. The second kappa shape index (κ2) is 6.86. The van der Waals surface area contributed by atoms with Crippen molar-refractivity contribution >= 4 is 0 Å². The van der Waals surface area contributed by atoms with E-state index in [1.54, 1.807) is 12.3 Å². The highest BCUT2D eigenvalue weighted by Gasteiger charge is 2.07. The maximum Gasteiger partial charge on any atom is 0.325 e. The zero-order chi connectivity index (χ0) is 14.4. The first-order valence-corrected chi connectivity index (χ1v) is 6.59. The fourth-order valence-corrected chi connectivity index (χ4v) is 1.72. The molecule has 1 aromatic carbocycles. The minimum Gasteiger partial charge on any atom is -0.475 e. The van der Waals surface area contributed by atoms with E-state index in [1.807, 2.05) is 45.2 Å². The Labute approximate surface area is 119 Å². The zero-order valence-electron chi connectivity index (χ0n) is 12.0. The largest absolute Gasteiger partial charge is 0.475 e. The van der Waals surface area contributed by atoms with Crippen LogP contribution in [0.25, 0.3) is 0 Å². The van der Waals surface area contributed by atoms with Crippen molar-refractivity contribution in [2.45, 2.75) is 26.5 Å². The highest BCUT2D eigenvalue weighted by atomic mass is 16.5. The molecule has 1 aromatic heterocycles. The lowest BCUT2D eigenvalue weighted by molar-refractivity contribution is 0.229. The molecule has 0 saturated carbocycles. The lowest BCUT2D eigenvalue weighted by Gasteiger charge is -2.11. The molecule has 20 heavy (non-hydrogen) atoms. The molecule has 0 aliphatic rings. The monoisotopic (exact) mass is 273 g/mol. The first kappa shape index (κ1) is 14.3. The molecule has 0 aliphatic carbocycles. The van der Waals surface area contributed by atoms with Crippen molar-refractivity contribution in [2.75, 3.05) is 7.05 Å². The van der Waals surface area contributed by atoms with E-state index in [1.165, 1.54) is 0 Å². The van der Waals surface area contributed by atoms with Gasteiger partial charge >= 0.3 is 6.01 Å². The van der Waals surface area contributed by atoms with Gasteiger partial charge in [-0.25, -0.2) is 4.98 Å². The fourth-order valence-electron chi connectivity index (χ4n) is 1.72. The smallest absolute Gasteiger partial charge is 0.325 e. The van der Waals surface area contributed by atoms with Crippen LogP contribution in [0, 0.1) is 0 Å². The first-order valence-electron chi connectivity index (χ1n) is 6.59. The SMILES string of the molecule is CNCc1ccccc1Oc1nccc(OC(C)C)n1. The summed E-state index contributed by atoms with van der Waals surface area (Å²) in [6.45, 7) is 4.62. The van der Waals surface area contributed by atoms with E-state index < -0.39 is 0 Å². The topological polar surface area (TPSA) is 56.3 Å². The molecule has 0 spiro atoms. The van der Waals surface area contributed by atoms with Crippen LogP contribution in [0.2, 0.25) is 0 Å². The molecule has 5 heteroatoms. The number of benzene rings is 1. The summed E-state index contributed by atoms with van der Waals surface area (Å²) in [5.74, 6) is 1.25. The summed E-state index contributed by atoms with van der Waals surface area (Å²) < 4.78 is 11.3. The van der Waals surface area contributed by atoms with Crippen molar-refractivity contribution in [1.82, 2.24) is 15.3 Å². The van der Waals surface area contributed by atoms with Crippen LogP contribution in [-0.2, 0) is 6.54 Å². The Morgan fingerprint density at radius 3 is 2.75 bits per heavy atom. The summed E-state index contributed by atoms with van der Waals surface area (Å²) in [6, 6.07) is 9.78. The van der Waals surface area contributed by atoms with Crippen molar-refractivity contribution in [2.24, 2.45) is 0 Å². The zero-order valence-corrected chi connectivity index (χ0v) is 12.0. The fraction of sp³-hybridized carbons (Fsp3) is 0.333. The van der Waals surface area contributed by atoms with Gasteiger partial charge in [0.25, 0.3) is 0 Å². The Balaban J connectivity index is 2.17. The van der Waals surface area contributed by atoms with Crippen molar-refractivity contribution in [3.8, 4) is 17.6 Å². The number of ether oxygens (including phenoxy) is 2. The van der Waals surface area contributed by atoms with Crippen molar-refractivity contribution in [3.63, 3.8) is 0 Å². The van der Waals surface area contributed by atoms with E-state index in [0.717, 1.165) is 17.9 Å². The van der Waals surface area contributed by atoms with E-state index in [2.05, 4.69) is 15.3 Å². The van der Waals surface area contributed by atoms with Gasteiger partial charge < -0.3 is 14.8 Å². The molecule has 0 fully saturated rings. The van der Waals surface area contributed by atoms with Gasteiger partial charge in [0.15, 0.2) is 0 Å². The average Bonchev–Trinajstić information content (AvgIpc) is 2.41. The van der Waals surface area contributed by atoms with Crippen LogP contribution in [0.15, 0.2) is 36.5 Å². The van der Waals surface area contributed by atoms with E-state index in [9.17, 15) is 0 Å². The quantitative estimate of drug-likeness (QED) is 0.877. The van der Waals surface area contributed by atoms with E-state index in [-0.39, 0.29) is 12.1 Å². The molecular weight excluding hydrogens is 254 g/mol. The van der Waals surface area contributed by atoms with E-state index in [0.29, 0.717) is 5.88 Å². The van der Waals surface area contributed by atoms with Crippen LogP contribution in [0.1, 0.15) is 19.4 Å². The Kier molecular flexibility index (Phi) is 4.90. The highest BCUT2D eigenvalue weighted by molar-refractivity contribution is 5.35. The van der Waals surface area contributed by atoms with Crippen molar-refractivity contribution in [3.05, 3.63) is 42.1 Å². The van der Waals surface area contributed by atoms with Gasteiger partial charge in [-0.2, -0.15) is 4.98 Å². The predicted octanol–water partition coefficient (Wildman–Crippen LogP) is 2.78. The van der Waals surface area contributed by atoms with Gasteiger partial charge in [0, 0.05) is 24.4 Å². The second-order valence-corrected chi connectivity index (χ2v) is 4.58. The van der Waals surface area contributed by atoms with Gasteiger partial charge in [-0.3, -0.25) is 0 Å². The van der Waals surface area contributed by atoms with Crippen LogP contribution in [-0.4, -0.2) is 23.1 Å². The van der Waals surface area contributed by atoms with E-state index >= 15 is 0 Å². The maximum absolute atomic E-state index is 5.74. The minimum absolute atomic E-state index is 0.0642. The maximum atomic E-state index is 5.74. The Morgan fingerprint density at radius 2 is 2.00 bits per heavy atom. The third-order valence-electron chi connectivity index (χ3n) is 2.51. The van der Waals surface area contributed by atoms with Crippen LogP contribution >= 0.6 is 0 Å². The molecule has 1 heterocycles. The Bertz CT molecular complexity index is 558. The summed E-state index contributed by atoms with van der Waals surface area (Å²) in [6.07, 6.45) is 1.69. The molecule has 0 atom stereocenters. The lowest BCUT2D eigenvalue weighted by Crippen LogP contribution is -2.08. The van der Waals surface area contributed by atoms with Gasteiger partial charge in [-0.1, -0.05) is 18.2 Å². The van der Waals surface area contributed by atoms with Crippen molar-refractivity contribution < 1.29 is 9.47 Å². The predicted molar refractivity (Wildman–Crippen MR) is 77.1 cm³/mol. The molecule has 2 aromatic rings. The molecule has 0 unspecified atom stereocenters. The number of nitrogens with zero attached hydrogens (tertiary/aromatic N) is 2. The summed E-state index contributed by atoms with van der Waals surface area (Å²) >= 11 is 0. The van der Waals surface area contributed by atoms with Gasteiger partial charge in [0.1, 0.15) is 5.75 Å². The molecule has 1 N–H and O–H groups in total. The molecule has 5 nitrogen and oxygen atoms in total. The molecule has 2 rings (SSSR count). The van der Waals surface area contributed by atoms with Crippen LogP contribution in [0.4, 0.5) is 0 Å². The molecule has 106 valence electrons. The number of nitrogens with one attached hydrogen (secondary N) is 1. The average molecular weight is 273 g/mol. The normalized spacial score (nSPS) is 10.6. The van der Waals surface area contributed by atoms with Gasteiger partial charge in [-0.05, 0) is 27.0 Å². The number of rotatable bonds is 6. The first-order chi connectivity index (χ1) is 9.69. The molecule has 0 bridgehead atoms.